The molecule has 0 fully saturated rings. The van der Waals surface area contributed by atoms with Crippen LogP contribution >= 0.6 is 11.6 Å². The third-order valence-corrected chi connectivity index (χ3v) is 5.89. The van der Waals surface area contributed by atoms with Crippen LogP contribution < -0.4 is 4.90 Å². The maximum Gasteiger partial charge on any atom is 0.235 e. The molecule has 3 aromatic heterocycles. The fraction of sp³-hybridized carbons (Fsp3) is 0.120. The number of aromatic amines is 1. The van der Waals surface area contributed by atoms with Gasteiger partial charge in [0.15, 0.2) is 5.65 Å². The van der Waals surface area contributed by atoms with Gasteiger partial charge >= 0.3 is 0 Å². The Morgan fingerprint density at radius 3 is 2.71 bits per heavy atom. The standard InChI is InChI=1S/C25H20ClFN6O/c1-16(18-10-19(26)12-20(27)11-18)33(21-7-5-17(6-8-21)22-14-28-15-29-22)25(34)13-24-31-30-23-4-2-3-9-32(23)24/h2-12,14-16H,13H2,1H3,(H,28,29)/t16-/m0/s1. The van der Waals surface area contributed by atoms with Crippen LogP contribution in [0.5, 0.6) is 0 Å². The quantitative estimate of drug-likeness (QED) is 0.364. The number of anilines is 1. The number of hydrogen-bond acceptors (Lipinski definition) is 4. The SMILES string of the molecule is C[C@@H](c1cc(F)cc(Cl)c1)N(C(=O)Cc1nnc2ccccn12)c1ccc(-c2cnc[nH]2)cc1. The van der Waals surface area contributed by atoms with Crippen LogP contribution in [-0.4, -0.2) is 30.5 Å². The molecular formula is C25H20ClFN6O. The van der Waals surface area contributed by atoms with Crippen molar-refractivity contribution in [3.63, 3.8) is 0 Å². The van der Waals surface area contributed by atoms with Crippen molar-refractivity contribution in [3.8, 4) is 11.3 Å². The lowest BCUT2D eigenvalue weighted by molar-refractivity contribution is -0.118. The van der Waals surface area contributed by atoms with E-state index in [4.69, 9.17) is 11.6 Å². The highest BCUT2D eigenvalue weighted by atomic mass is 35.5. The van der Waals surface area contributed by atoms with Crippen molar-refractivity contribution in [2.24, 2.45) is 0 Å². The van der Waals surface area contributed by atoms with Crippen LogP contribution in [0.3, 0.4) is 0 Å². The second-order valence-electron chi connectivity index (χ2n) is 7.88. The van der Waals surface area contributed by atoms with Crippen molar-refractivity contribution in [1.82, 2.24) is 24.6 Å². The molecule has 0 saturated heterocycles. The molecule has 0 saturated carbocycles. The van der Waals surface area contributed by atoms with Crippen molar-refractivity contribution in [2.75, 3.05) is 4.90 Å². The van der Waals surface area contributed by atoms with Gasteiger partial charge in [0.2, 0.25) is 5.91 Å². The van der Waals surface area contributed by atoms with Crippen molar-refractivity contribution < 1.29 is 9.18 Å². The number of halogens is 2. The Morgan fingerprint density at radius 1 is 1.15 bits per heavy atom. The van der Waals surface area contributed by atoms with Crippen LogP contribution in [-0.2, 0) is 11.2 Å². The molecule has 1 N–H and O–H groups in total. The van der Waals surface area contributed by atoms with E-state index >= 15 is 0 Å². The second kappa shape index (κ2) is 9.07. The summed E-state index contributed by atoms with van der Waals surface area (Å²) < 4.78 is 15.9. The van der Waals surface area contributed by atoms with E-state index in [9.17, 15) is 9.18 Å². The Labute approximate surface area is 199 Å². The summed E-state index contributed by atoms with van der Waals surface area (Å²) in [7, 11) is 0. The summed E-state index contributed by atoms with van der Waals surface area (Å²) in [5.74, 6) is -0.149. The summed E-state index contributed by atoms with van der Waals surface area (Å²) in [5, 5.41) is 8.60. The molecule has 34 heavy (non-hydrogen) atoms. The first-order chi connectivity index (χ1) is 16.5. The van der Waals surface area contributed by atoms with Gasteiger partial charge in [0.05, 0.1) is 30.7 Å². The molecule has 0 aliphatic heterocycles. The molecule has 5 aromatic rings. The Balaban J connectivity index is 1.52. The minimum atomic E-state index is -0.488. The van der Waals surface area contributed by atoms with Crippen LogP contribution in [0.2, 0.25) is 5.02 Å². The lowest BCUT2D eigenvalue weighted by atomic mass is 10.0. The van der Waals surface area contributed by atoms with Crippen molar-refractivity contribution in [2.45, 2.75) is 19.4 Å². The van der Waals surface area contributed by atoms with Crippen molar-refractivity contribution >= 4 is 28.8 Å². The molecule has 7 nitrogen and oxygen atoms in total. The summed E-state index contributed by atoms with van der Waals surface area (Å²) in [6.07, 6.45) is 5.17. The molecule has 0 radical (unpaired) electrons. The van der Waals surface area contributed by atoms with Gasteiger partial charge in [0.25, 0.3) is 0 Å². The fourth-order valence-electron chi connectivity index (χ4n) is 4.00. The number of nitrogens with zero attached hydrogens (tertiary/aromatic N) is 5. The zero-order valence-corrected chi connectivity index (χ0v) is 18.9. The first-order valence-electron chi connectivity index (χ1n) is 10.6. The molecular weight excluding hydrogens is 455 g/mol. The Bertz CT molecular complexity index is 1430. The largest absolute Gasteiger partial charge is 0.345 e. The summed E-state index contributed by atoms with van der Waals surface area (Å²) >= 11 is 6.11. The number of nitrogens with one attached hydrogen (secondary N) is 1. The first kappa shape index (κ1) is 21.8. The van der Waals surface area contributed by atoms with E-state index in [1.54, 1.807) is 27.9 Å². The van der Waals surface area contributed by atoms with Gasteiger partial charge in [-0.15, -0.1) is 10.2 Å². The zero-order valence-electron chi connectivity index (χ0n) is 18.2. The number of aromatic nitrogens is 5. The van der Waals surface area contributed by atoms with Crippen LogP contribution in [0.1, 0.15) is 24.4 Å². The van der Waals surface area contributed by atoms with E-state index in [2.05, 4.69) is 20.2 Å². The molecule has 1 amide bonds. The van der Waals surface area contributed by atoms with Gasteiger partial charge < -0.3 is 9.88 Å². The van der Waals surface area contributed by atoms with E-state index in [1.807, 2.05) is 55.6 Å². The topological polar surface area (TPSA) is 79.2 Å². The van der Waals surface area contributed by atoms with Gasteiger partial charge in [-0.05, 0) is 60.5 Å². The molecule has 0 unspecified atom stereocenters. The number of hydrogen-bond donors (Lipinski definition) is 1. The number of fused-ring (bicyclic) bond motifs is 1. The first-order valence-corrected chi connectivity index (χ1v) is 11.0. The second-order valence-corrected chi connectivity index (χ2v) is 8.31. The lowest BCUT2D eigenvalue weighted by Crippen LogP contribution is -2.35. The van der Waals surface area contributed by atoms with Gasteiger partial charge in [-0.2, -0.15) is 0 Å². The molecule has 170 valence electrons. The van der Waals surface area contributed by atoms with E-state index < -0.39 is 11.9 Å². The molecule has 5 rings (SSSR count). The summed E-state index contributed by atoms with van der Waals surface area (Å²) in [6.45, 7) is 1.84. The summed E-state index contributed by atoms with van der Waals surface area (Å²) in [4.78, 5) is 22.4. The number of benzene rings is 2. The van der Waals surface area contributed by atoms with Crippen LogP contribution in [0.25, 0.3) is 16.9 Å². The smallest absolute Gasteiger partial charge is 0.235 e. The maximum absolute atomic E-state index is 14.1. The maximum atomic E-state index is 14.1. The molecule has 9 heteroatoms. The van der Waals surface area contributed by atoms with Gasteiger partial charge in [-0.3, -0.25) is 9.20 Å². The highest BCUT2D eigenvalue weighted by Gasteiger charge is 2.26. The lowest BCUT2D eigenvalue weighted by Gasteiger charge is -2.30. The summed E-state index contributed by atoms with van der Waals surface area (Å²) in [6, 6.07) is 16.9. The molecule has 0 bridgehead atoms. The third kappa shape index (κ3) is 4.27. The predicted octanol–water partition coefficient (Wildman–Crippen LogP) is 5.25. The minimum Gasteiger partial charge on any atom is -0.345 e. The van der Waals surface area contributed by atoms with E-state index in [1.165, 1.54) is 12.1 Å². The molecule has 1 atom stereocenters. The number of rotatable bonds is 6. The van der Waals surface area contributed by atoms with Crippen molar-refractivity contribution in [3.05, 3.63) is 102 Å². The number of carbonyl (C=O) groups is 1. The highest BCUT2D eigenvalue weighted by molar-refractivity contribution is 6.30. The monoisotopic (exact) mass is 474 g/mol. The predicted molar refractivity (Wildman–Crippen MR) is 128 cm³/mol. The average molecular weight is 475 g/mol. The fourth-order valence-corrected chi connectivity index (χ4v) is 4.23. The van der Waals surface area contributed by atoms with Crippen LogP contribution in [0.4, 0.5) is 10.1 Å². The van der Waals surface area contributed by atoms with E-state index in [0.717, 1.165) is 11.3 Å². The highest BCUT2D eigenvalue weighted by Crippen LogP contribution is 2.31. The number of imidazole rings is 1. The Hall–Kier alpha value is -4.04. The Kier molecular flexibility index (Phi) is 5.81. The van der Waals surface area contributed by atoms with Crippen molar-refractivity contribution in [1.29, 1.82) is 0 Å². The van der Waals surface area contributed by atoms with Gasteiger partial charge in [0, 0.05) is 16.9 Å². The van der Waals surface area contributed by atoms with Crippen LogP contribution in [0.15, 0.2) is 79.4 Å². The van der Waals surface area contributed by atoms with E-state index in [-0.39, 0.29) is 17.4 Å². The molecule has 0 aliphatic carbocycles. The third-order valence-electron chi connectivity index (χ3n) is 5.67. The van der Waals surface area contributed by atoms with Gasteiger partial charge in [0.1, 0.15) is 11.6 Å². The van der Waals surface area contributed by atoms with Gasteiger partial charge in [-0.1, -0.05) is 29.8 Å². The zero-order chi connectivity index (χ0) is 23.7. The average Bonchev–Trinajstić information content (AvgIpc) is 3.50. The van der Waals surface area contributed by atoms with E-state index in [0.29, 0.717) is 22.7 Å². The number of carbonyl (C=O) groups excluding carboxylic acids is 1. The number of pyridine rings is 1. The number of H-pyrrole nitrogens is 1. The van der Waals surface area contributed by atoms with Gasteiger partial charge in [-0.25, -0.2) is 9.37 Å². The molecule has 3 heterocycles. The molecule has 2 aromatic carbocycles. The Morgan fingerprint density at radius 2 is 1.97 bits per heavy atom. The minimum absolute atomic E-state index is 0.0147. The summed E-state index contributed by atoms with van der Waals surface area (Å²) in [5.41, 5.74) is 3.70. The van der Waals surface area contributed by atoms with Crippen LogP contribution in [0, 0.1) is 5.82 Å². The molecule has 0 spiro atoms. The normalized spacial score (nSPS) is 12.1. The molecule has 0 aliphatic rings. The number of amides is 1.